The number of amides is 2. The predicted octanol–water partition coefficient (Wildman–Crippen LogP) is 5.71. The average Bonchev–Trinajstić information content (AvgIpc) is 3.12. The summed E-state index contributed by atoms with van der Waals surface area (Å²) in [5, 5.41) is 6.03. The summed E-state index contributed by atoms with van der Waals surface area (Å²) < 4.78 is 5.79. The molecule has 3 rings (SSSR count). The lowest BCUT2D eigenvalue weighted by Crippen LogP contribution is -2.31. The number of nitrogens with one attached hydrogen (secondary N) is 2. The van der Waals surface area contributed by atoms with E-state index in [1.807, 2.05) is 53.4 Å². The largest absolute Gasteiger partial charge is 0.494 e. The highest BCUT2D eigenvalue weighted by Crippen LogP contribution is 2.19. The number of carbonyl (C=O) groups is 2. The number of likely N-dealkylation sites (tertiary alicyclic amines) is 1. The molecule has 2 aromatic carbocycles. The van der Waals surface area contributed by atoms with Crippen LogP contribution in [0.5, 0.6) is 5.75 Å². The molecule has 0 aliphatic carbocycles. The molecule has 1 aliphatic heterocycles. The fraction of sp³-hybridized carbons (Fsp3) is 0.481. The van der Waals surface area contributed by atoms with Crippen LogP contribution in [0.3, 0.4) is 0 Å². The van der Waals surface area contributed by atoms with Gasteiger partial charge in [-0.2, -0.15) is 0 Å². The third kappa shape index (κ3) is 8.44. The van der Waals surface area contributed by atoms with Gasteiger partial charge in [-0.15, -0.1) is 0 Å². The van der Waals surface area contributed by atoms with Crippen LogP contribution in [0.25, 0.3) is 0 Å². The van der Waals surface area contributed by atoms with E-state index in [1.165, 1.54) is 32.1 Å². The summed E-state index contributed by atoms with van der Waals surface area (Å²) in [5.74, 6) is 0.674. The molecule has 0 unspecified atom stereocenters. The number of ether oxygens (including phenoxy) is 1. The van der Waals surface area contributed by atoms with Gasteiger partial charge in [0, 0.05) is 36.1 Å². The summed E-state index contributed by atoms with van der Waals surface area (Å²) in [6.45, 7) is 4.63. The van der Waals surface area contributed by atoms with Crippen LogP contribution in [0.1, 0.15) is 68.6 Å². The van der Waals surface area contributed by atoms with E-state index in [4.69, 9.17) is 4.74 Å². The van der Waals surface area contributed by atoms with E-state index < -0.39 is 0 Å². The summed E-state index contributed by atoms with van der Waals surface area (Å²) in [5.41, 5.74) is 2.12. The zero-order valence-corrected chi connectivity index (χ0v) is 19.8. The second-order valence-electron chi connectivity index (χ2n) is 8.63. The van der Waals surface area contributed by atoms with Gasteiger partial charge >= 0.3 is 0 Å². The number of unbranched alkanes of at least 4 members (excludes halogenated alkanes) is 3. The minimum absolute atomic E-state index is 0.0662. The fourth-order valence-electron chi connectivity index (χ4n) is 3.99. The third-order valence-electron chi connectivity index (χ3n) is 5.84. The molecule has 0 atom stereocenters. The van der Waals surface area contributed by atoms with Crippen LogP contribution in [-0.2, 0) is 4.79 Å². The van der Waals surface area contributed by atoms with Crippen molar-refractivity contribution in [2.75, 3.05) is 36.9 Å². The van der Waals surface area contributed by atoms with Crippen molar-refractivity contribution < 1.29 is 14.3 Å². The van der Waals surface area contributed by atoms with Crippen LogP contribution >= 0.6 is 0 Å². The zero-order valence-electron chi connectivity index (χ0n) is 19.8. The highest BCUT2D eigenvalue weighted by molar-refractivity contribution is 5.96. The van der Waals surface area contributed by atoms with Crippen LogP contribution in [0.2, 0.25) is 0 Å². The summed E-state index contributed by atoms with van der Waals surface area (Å²) in [4.78, 5) is 27.2. The molecule has 2 aromatic rings. The highest BCUT2D eigenvalue weighted by atomic mass is 16.5. The molecule has 6 nitrogen and oxygen atoms in total. The Kier molecular flexibility index (Phi) is 10.1. The van der Waals surface area contributed by atoms with Gasteiger partial charge in [-0.1, -0.05) is 51.2 Å². The molecular formula is C27H37N3O3. The van der Waals surface area contributed by atoms with E-state index in [1.54, 1.807) is 0 Å². The van der Waals surface area contributed by atoms with Crippen molar-refractivity contribution in [1.82, 2.24) is 4.90 Å². The van der Waals surface area contributed by atoms with Crippen molar-refractivity contribution in [1.29, 1.82) is 0 Å². The first kappa shape index (κ1) is 24.6. The maximum Gasteiger partial charge on any atom is 0.253 e. The smallest absolute Gasteiger partial charge is 0.253 e. The number of hydrogen-bond acceptors (Lipinski definition) is 4. The van der Waals surface area contributed by atoms with Gasteiger partial charge in [0.1, 0.15) is 5.75 Å². The van der Waals surface area contributed by atoms with Crippen molar-refractivity contribution in [3.8, 4) is 5.75 Å². The van der Waals surface area contributed by atoms with E-state index in [0.717, 1.165) is 43.8 Å². The van der Waals surface area contributed by atoms with E-state index in [0.29, 0.717) is 17.9 Å². The van der Waals surface area contributed by atoms with Crippen molar-refractivity contribution in [3.05, 3.63) is 54.1 Å². The maximum atomic E-state index is 12.8. The van der Waals surface area contributed by atoms with E-state index in [9.17, 15) is 9.59 Å². The molecule has 33 heavy (non-hydrogen) atoms. The first-order valence-corrected chi connectivity index (χ1v) is 12.3. The van der Waals surface area contributed by atoms with Crippen LogP contribution in [0, 0.1) is 0 Å². The lowest BCUT2D eigenvalue weighted by molar-refractivity contribution is -0.114. The molecule has 0 aromatic heterocycles. The number of anilines is 2. The van der Waals surface area contributed by atoms with Crippen molar-refractivity contribution in [3.63, 3.8) is 0 Å². The Hall–Kier alpha value is -3.02. The molecule has 0 bridgehead atoms. The number of nitrogens with zero attached hydrogens (tertiary/aromatic N) is 1. The molecule has 1 heterocycles. The summed E-state index contributed by atoms with van der Waals surface area (Å²) in [6.07, 6.45) is 9.14. The van der Waals surface area contributed by atoms with E-state index in [2.05, 4.69) is 17.6 Å². The molecule has 1 saturated heterocycles. The molecule has 0 radical (unpaired) electrons. The minimum Gasteiger partial charge on any atom is -0.494 e. The number of benzene rings is 2. The van der Waals surface area contributed by atoms with E-state index >= 15 is 0 Å². The second-order valence-corrected chi connectivity index (χ2v) is 8.63. The van der Waals surface area contributed by atoms with Crippen molar-refractivity contribution >= 4 is 23.2 Å². The van der Waals surface area contributed by atoms with Crippen LogP contribution < -0.4 is 15.4 Å². The second kappa shape index (κ2) is 13.5. The number of carbonyl (C=O) groups excluding carboxylic acids is 2. The van der Waals surface area contributed by atoms with Crippen molar-refractivity contribution in [2.45, 2.75) is 58.3 Å². The predicted molar refractivity (Wildman–Crippen MR) is 134 cm³/mol. The van der Waals surface area contributed by atoms with Crippen LogP contribution in [-0.4, -0.2) is 43.0 Å². The lowest BCUT2D eigenvalue weighted by Gasteiger charge is -2.20. The summed E-state index contributed by atoms with van der Waals surface area (Å²) in [6, 6.07) is 14.9. The molecular weight excluding hydrogens is 414 g/mol. The monoisotopic (exact) mass is 451 g/mol. The summed E-state index contributed by atoms with van der Waals surface area (Å²) in [7, 11) is 0. The van der Waals surface area contributed by atoms with Gasteiger partial charge in [0.2, 0.25) is 5.91 Å². The Morgan fingerprint density at radius 3 is 2.45 bits per heavy atom. The fourth-order valence-corrected chi connectivity index (χ4v) is 3.99. The van der Waals surface area contributed by atoms with Crippen LogP contribution in [0.15, 0.2) is 48.5 Å². The Morgan fingerprint density at radius 1 is 0.909 bits per heavy atom. The third-order valence-corrected chi connectivity index (χ3v) is 5.84. The molecule has 6 heteroatoms. The van der Waals surface area contributed by atoms with E-state index in [-0.39, 0.29) is 18.4 Å². The van der Waals surface area contributed by atoms with Crippen molar-refractivity contribution in [2.24, 2.45) is 0 Å². The van der Waals surface area contributed by atoms with Crippen LogP contribution in [0.4, 0.5) is 11.4 Å². The zero-order chi connectivity index (χ0) is 23.3. The molecule has 2 N–H and O–H groups in total. The van der Waals surface area contributed by atoms with Gasteiger partial charge in [0.25, 0.3) is 5.91 Å². The summed E-state index contributed by atoms with van der Waals surface area (Å²) >= 11 is 0. The number of hydrogen-bond donors (Lipinski definition) is 2. The maximum absolute atomic E-state index is 12.8. The number of rotatable bonds is 11. The van der Waals surface area contributed by atoms with Gasteiger partial charge < -0.3 is 20.3 Å². The molecule has 0 spiro atoms. The molecule has 1 fully saturated rings. The Bertz CT molecular complexity index is 892. The van der Waals surface area contributed by atoms with Gasteiger partial charge in [-0.25, -0.2) is 0 Å². The van der Waals surface area contributed by atoms with Gasteiger partial charge in [-0.3, -0.25) is 9.59 Å². The Morgan fingerprint density at radius 2 is 1.67 bits per heavy atom. The van der Waals surface area contributed by atoms with Gasteiger partial charge in [0.15, 0.2) is 0 Å². The Labute approximate surface area is 197 Å². The Balaban J connectivity index is 1.47. The first-order chi connectivity index (χ1) is 16.2. The first-order valence-electron chi connectivity index (χ1n) is 12.3. The molecule has 178 valence electrons. The average molecular weight is 452 g/mol. The molecule has 1 aliphatic rings. The SMILES string of the molecule is CCCCCCOc1cccc(NC(=O)CNc2cccc(C(=O)N3CCCCCC3)c2)c1. The standard InChI is InChI=1S/C27H37N3O3/c1-2-3-4-9-18-33-25-15-11-14-24(20-25)29-26(31)21-28-23-13-10-12-22(19-23)27(32)30-16-7-5-6-8-17-30/h10-15,19-20,28H,2-9,16-18,21H2,1H3,(H,29,31). The lowest BCUT2D eigenvalue weighted by atomic mass is 10.1. The van der Waals surface area contributed by atoms with Gasteiger partial charge in [-0.05, 0) is 49.6 Å². The molecule has 2 amide bonds. The normalized spacial score (nSPS) is 13.8. The minimum atomic E-state index is -0.153. The highest BCUT2D eigenvalue weighted by Gasteiger charge is 2.17. The topological polar surface area (TPSA) is 70.7 Å². The quantitative estimate of drug-likeness (QED) is 0.429. The molecule has 0 saturated carbocycles. The van der Waals surface area contributed by atoms with Gasteiger partial charge in [0.05, 0.1) is 13.2 Å².